The molecular weight excluding hydrogens is 248 g/mol. The predicted octanol–water partition coefficient (Wildman–Crippen LogP) is 1.78. The molecule has 0 unspecified atom stereocenters. The van der Waals surface area contributed by atoms with Gasteiger partial charge in [-0.15, -0.1) is 0 Å². The van der Waals surface area contributed by atoms with E-state index >= 15 is 0 Å². The number of aromatic nitrogens is 1. The normalized spacial score (nSPS) is 22.7. The average Bonchev–Trinajstić information content (AvgIpc) is 2.96. The second-order valence-electron chi connectivity index (χ2n) is 5.29. The SMILES string of the molecule is CC(C)c1cc(C(=O)N[C@H]2CC[C@@H](C(=O)O)C2)on1. The van der Waals surface area contributed by atoms with Gasteiger partial charge in [0, 0.05) is 12.1 Å². The van der Waals surface area contributed by atoms with Gasteiger partial charge in [-0.3, -0.25) is 9.59 Å². The lowest BCUT2D eigenvalue weighted by Crippen LogP contribution is -2.33. The predicted molar refractivity (Wildman–Crippen MR) is 66.8 cm³/mol. The number of nitrogens with one attached hydrogen (secondary N) is 1. The summed E-state index contributed by atoms with van der Waals surface area (Å²) >= 11 is 0. The van der Waals surface area contributed by atoms with Crippen molar-refractivity contribution in [3.63, 3.8) is 0 Å². The third kappa shape index (κ3) is 3.13. The first-order valence-electron chi connectivity index (χ1n) is 6.47. The summed E-state index contributed by atoms with van der Waals surface area (Å²) in [6.45, 7) is 3.93. The summed E-state index contributed by atoms with van der Waals surface area (Å²) in [5.74, 6) is -1.09. The lowest BCUT2D eigenvalue weighted by atomic mass is 10.1. The van der Waals surface area contributed by atoms with Crippen LogP contribution in [0, 0.1) is 5.92 Å². The summed E-state index contributed by atoms with van der Waals surface area (Å²) in [7, 11) is 0. The quantitative estimate of drug-likeness (QED) is 0.866. The molecule has 1 aromatic rings. The molecule has 1 fully saturated rings. The largest absolute Gasteiger partial charge is 0.481 e. The van der Waals surface area contributed by atoms with Gasteiger partial charge in [0.25, 0.3) is 5.91 Å². The highest BCUT2D eigenvalue weighted by Gasteiger charge is 2.31. The molecule has 2 N–H and O–H groups in total. The van der Waals surface area contributed by atoms with Gasteiger partial charge < -0.3 is 14.9 Å². The van der Waals surface area contributed by atoms with Crippen molar-refractivity contribution >= 4 is 11.9 Å². The Balaban J connectivity index is 1.92. The molecule has 6 heteroatoms. The van der Waals surface area contributed by atoms with E-state index in [2.05, 4.69) is 10.5 Å². The first kappa shape index (κ1) is 13.6. The second kappa shape index (κ2) is 5.42. The third-order valence-corrected chi connectivity index (χ3v) is 3.46. The molecule has 1 aromatic heterocycles. The number of carboxylic acid groups (broad SMARTS) is 1. The molecule has 1 heterocycles. The second-order valence-corrected chi connectivity index (χ2v) is 5.29. The molecule has 2 atom stereocenters. The first-order chi connectivity index (χ1) is 8.97. The Bertz CT molecular complexity index is 481. The number of hydrogen-bond acceptors (Lipinski definition) is 4. The third-order valence-electron chi connectivity index (χ3n) is 3.46. The van der Waals surface area contributed by atoms with Crippen molar-refractivity contribution in [3.05, 3.63) is 17.5 Å². The van der Waals surface area contributed by atoms with Crippen LogP contribution in [0.2, 0.25) is 0 Å². The van der Waals surface area contributed by atoms with Gasteiger partial charge in [0.2, 0.25) is 5.76 Å². The molecule has 19 heavy (non-hydrogen) atoms. The Hall–Kier alpha value is -1.85. The maximum absolute atomic E-state index is 11.9. The van der Waals surface area contributed by atoms with Gasteiger partial charge >= 0.3 is 5.97 Å². The van der Waals surface area contributed by atoms with E-state index in [-0.39, 0.29) is 29.5 Å². The Morgan fingerprint density at radius 1 is 1.47 bits per heavy atom. The number of carboxylic acids is 1. The fourth-order valence-corrected chi connectivity index (χ4v) is 2.26. The summed E-state index contributed by atoms with van der Waals surface area (Å²) in [6.07, 6.45) is 1.77. The number of rotatable bonds is 4. The lowest BCUT2D eigenvalue weighted by molar-refractivity contribution is -0.141. The summed E-state index contributed by atoms with van der Waals surface area (Å²) in [4.78, 5) is 22.8. The number of aliphatic carboxylic acids is 1. The minimum absolute atomic E-state index is 0.0961. The monoisotopic (exact) mass is 266 g/mol. The Kier molecular flexibility index (Phi) is 3.87. The smallest absolute Gasteiger partial charge is 0.306 e. The van der Waals surface area contributed by atoms with Gasteiger partial charge in [0.15, 0.2) is 0 Å². The van der Waals surface area contributed by atoms with Gasteiger partial charge in [0.05, 0.1) is 11.6 Å². The Morgan fingerprint density at radius 2 is 2.21 bits per heavy atom. The van der Waals surface area contributed by atoms with E-state index < -0.39 is 5.97 Å². The molecule has 0 saturated heterocycles. The van der Waals surface area contributed by atoms with E-state index in [0.717, 1.165) is 5.69 Å². The van der Waals surface area contributed by atoms with Crippen molar-refractivity contribution in [3.8, 4) is 0 Å². The van der Waals surface area contributed by atoms with Crippen molar-refractivity contribution < 1.29 is 19.2 Å². The van der Waals surface area contributed by atoms with Crippen molar-refractivity contribution in [1.82, 2.24) is 10.5 Å². The fraction of sp³-hybridized carbons (Fsp3) is 0.615. The fourth-order valence-electron chi connectivity index (χ4n) is 2.26. The van der Waals surface area contributed by atoms with Crippen LogP contribution in [0.3, 0.4) is 0 Å². The van der Waals surface area contributed by atoms with Gasteiger partial charge in [-0.25, -0.2) is 0 Å². The van der Waals surface area contributed by atoms with Crippen LogP contribution in [0.25, 0.3) is 0 Å². The van der Waals surface area contributed by atoms with Gasteiger partial charge in [-0.05, 0) is 25.2 Å². The molecule has 1 saturated carbocycles. The average molecular weight is 266 g/mol. The van der Waals surface area contributed by atoms with Crippen LogP contribution in [0.5, 0.6) is 0 Å². The van der Waals surface area contributed by atoms with Crippen molar-refractivity contribution in [1.29, 1.82) is 0 Å². The molecule has 1 amide bonds. The molecular formula is C13H18N2O4. The molecule has 0 spiro atoms. The zero-order valence-electron chi connectivity index (χ0n) is 11.0. The number of carbonyl (C=O) groups is 2. The summed E-state index contributed by atoms with van der Waals surface area (Å²) < 4.78 is 4.99. The molecule has 0 aliphatic heterocycles. The van der Waals surface area contributed by atoms with Crippen LogP contribution in [0.4, 0.5) is 0 Å². The van der Waals surface area contributed by atoms with Gasteiger partial charge in [-0.2, -0.15) is 0 Å². The highest BCUT2D eigenvalue weighted by molar-refractivity contribution is 5.91. The van der Waals surface area contributed by atoms with Crippen molar-refractivity contribution in [2.24, 2.45) is 5.92 Å². The van der Waals surface area contributed by atoms with E-state index in [1.165, 1.54) is 0 Å². The zero-order valence-corrected chi connectivity index (χ0v) is 11.0. The highest BCUT2D eigenvalue weighted by Crippen LogP contribution is 2.26. The number of carbonyl (C=O) groups excluding carboxylic acids is 1. The summed E-state index contributed by atoms with van der Waals surface area (Å²) in [6, 6.07) is 1.53. The standard InChI is InChI=1S/C13H18N2O4/c1-7(2)10-6-11(19-15-10)12(16)14-9-4-3-8(5-9)13(17)18/h6-9H,3-5H2,1-2H3,(H,14,16)(H,17,18)/t8-,9+/m1/s1. The highest BCUT2D eigenvalue weighted by atomic mass is 16.5. The number of nitrogens with zero attached hydrogens (tertiary/aromatic N) is 1. The Morgan fingerprint density at radius 3 is 2.74 bits per heavy atom. The van der Waals surface area contributed by atoms with Gasteiger partial charge in [0.1, 0.15) is 0 Å². The maximum atomic E-state index is 11.9. The van der Waals surface area contributed by atoms with Crippen LogP contribution in [-0.2, 0) is 4.79 Å². The van der Waals surface area contributed by atoms with Crippen molar-refractivity contribution in [2.75, 3.05) is 0 Å². The topological polar surface area (TPSA) is 92.4 Å². The maximum Gasteiger partial charge on any atom is 0.306 e. The molecule has 104 valence electrons. The summed E-state index contributed by atoms with van der Waals surface area (Å²) in [5, 5.41) is 15.5. The lowest BCUT2D eigenvalue weighted by Gasteiger charge is -2.10. The van der Waals surface area contributed by atoms with E-state index in [4.69, 9.17) is 9.63 Å². The van der Waals surface area contributed by atoms with E-state index in [1.807, 2.05) is 13.8 Å². The minimum atomic E-state index is -0.793. The molecule has 0 radical (unpaired) electrons. The molecule has 2 rings (SSSR count). The van der Waals surface area contributed by atoms with Crippen LogP contribution in [0.1, 0.15) is 55.3 Å². The van der Waals surface area contributed by atoms with E-state index in [1.54, 1.807) is 6.07 Å². The minimum Gasteiger partial charge on any atom is -0.481 e. The molecule has 6 nitrogen and oxygen atoms in total. The number of hydrogen-bond donors (Lipinski definition) is 2. The van der Waals surface area contributed by atoms with Crippen LogP contribution < -0.4 is 5.32 Å². The molecule has 0 bridgehead atoms. The van der Waals surface area contributed by atoms with E-state index in [9.17, 15) is 9.59 Å². The Labute approximate surface area is 111 Å². The molecule has 1 aliphatic rings. The van der Waals surface area contributed by atoms with E-state index in [0.29, 0.717) is 19.3 Å². The van der Waals surface area contributed by atoms with Crippen molar-refractivity contribution in [2.45, 2.75) is 45.1 Å². The zero-order chi connectivity index (χ0) is 14.0. The van der Waals surface area contributed by atoms with Gasteiger partial charge in [-0.1, -0.05) is 19.0 Å². The molecule has 1 aliphatic carbocycles. The first-order valence-corrected chi connectivity index (χ1v) is 6.47. The summed E-state index contributed by atoms with van der Waals surface area (Å²) in [5.41, 5.74) is 0.736. The van der Waals surface area contributed by atoms with Crippen LogP contribution in [0.15, 0.2) is 10.6 Å². The van der Waals surface area contributed by atoms with Crippen LogP contribution in [-0.4, -0.2) is 28.2 Å². The number of amides is 1. The van der Waals surface area contributed by atoms with Crippen LogP contribution >= 0.6 is 0 Å². The molecule has 0 aromatic carbocycles.